The molecule has 6 nitrogen and oxygen atoms in total. The summed E-state index contributed by atoms with van der Waals surface area (Å²) >= 11 is 0. The van der Waals surface area contributed by atoms with Gasteiger partial charge in [-0.25, -0.2) is 0 Å². The summed E-state index contributed by atoms with van der Waals surface area (Å²) in [7, 11) is 1.81. The Morgan fingerprint density at radius 2 is 2.45 bits per heavy atom. The largest absolute Gasteiger partial charge is 0.472 e. The van der Waals surface area contributed by atoms with Crippen LogP contribution in [0.1, 0.15) is 30.0 Å². The molecule has 1 aliphatic heterocycles. The first kappa shape index (κ1) is 14.8. The molecule has 6 heteroatoms. The summed E-state index contributed by atoms with van der Waals surface area (Å²) in [6.07, 6.45) is 7.39. The van der Waals surface area contributed by atoms with Gasteiger partial charge in [0.25, 0.3) is 0 Å². The van der Waals surface area contributed by atoms with Gasteiger partial charge in [-0.05, 0) is 31.5 Å². The Morgan fingerprint density at radius 1 is 1.55 bits per heavy atom. The van der Waals surface area contributed by atoms with Crippen molar-refractivity contribution < 1.29 is 9.21 Å². The molecule has 2 aromatic heterocycles. The maximum Gasteiger partial charge on any atom is 0.244 e. The normalized spacial score (nSPS) is 18.3. The molecule has 2 aromatic rings. The topological polar surface area (TPSA) is 63.3 Å². The van der Waals surface area contributed by atoms with E-state index in [9.17, 15) is 4.79 Å². The Morgan fingerprint density at radius 3 is 3.18 bits per heavy atom. The molecule has 22 heavy (non-hydrogen) atoms. The molecule has 1 fully saturated rings. The number of nitrogens with zero attached hydrogens (tertiary/aromatic N) is 3. The summed E-state index contributed by atoms with van der Waals surface area (Å²) in [5, 5.41) is 7.74. The highest BCUT2D eigenvalue weighted by Crippen LogP contribution is 2.22. The third-order valence-corrected chi connectivity index (χ3v) is 4.18. The number of nitrogens with one attached hydrogen (secondary N) is 1. The van der Waals surface area contributed by atoms with E-state index < -0.39 is 0 Å². The van der Waals surface area contributed by atoms with Crippen LogP contribution >= 0.6 is 0 Å². The van der Waals surface area contributed by atoms with Crippen LogP contribution in [0.15, 0.2) is 35.3 Å². The van der Waals surface area contributed by atoms with Gasteiger partial charge in [0.2, 0.25) is 5.91 Å². The van der Waals surface area contributed by atoms with Crippen LogP contribution in [0.5, 0.6) is 0 Å². The zero-order chi connectivity index (χ0) is 15.4. The van der Waals surface area contributed by atoms with Crippen molar-refractivity contribution in [2.75, 3.05) is 20.1 Å². The van der Waals surface area contributed by atoms with E-state index in [2.05, 4.69) is 10.4 Å². The third-order valence-electron chi connectivity index (χ3n) is 4.18. The molecule has 118 valence electrons. The Bertz CT molecular complexity index is 599. The van der Waals surface area contributed by atoms with Gasteiger partial charge in [-0.3, -0.25) is 9.48 Å². The Kier molecular flexibility index (Phi) is 4.58. The average molecular weight is 302 g/mol. The van der Waals surface area contributed by atoms with E-state index in [0.29, 0.717) is 12.5 Å². The minimum absolute atomic E-state index is 0.0509. The van der Waals surface area contributed by atoms with Crippen molar-refractivity contribution in [3.63, 3.8) is 0 Å². The summed E-state index contributed by atoms with van der Waals surface area (Å²) in [4.78, 5) is 14.1. The third kappa shape index (κ3) is 3.39. The molecule has 1 aliphatic rings. The van der Waals surface area contributed by atoms with Gasteiger partial charge in [0, 0.05) is 43.5 Å². The smallest absolute Gasteiger partial charge is 0.244 e. The first-order chi connectivity index (χ1) is 10.7. The van der Waals surface area contributed by atoms with E-state index in [1.165, 1.54) is 6.42 Å². The highest BCUT2D eigenvalue weighted by atomic mass is 16.3. The van der Waals surface area contributed by atoms with Crippen molar-refractivity contribution in [3.8, 4) is 0 Å². The summed E-state index contributed by atoms with van der Waals surface area (Å²) in [5.74, 6) is 0.498. The second-order valence-electron chi connectivity index (χ2n) is 5.84. The second kappa shape index (κ2) is 6.79. The quantitative estimate of drug-likeness (QED) is 0.911. The fraction of sp³-hybridized carbons (Fsp3) is 0.500. The number of piperidine rings is 1. The highest BCUT2D eigenvalue weighted by molar-refractivity contribution is 5.75. The minimum Gasteiger partial charge on any atom is -0.472 e. The van der Waals surface area contributed by atoms with Crippen LogP contribution in [0.25, 0.3) is 0 Å². The number of carbonyl (C=O) groups excluding carboxylic acids is 1. The molecule has 1 atom stereocenters. The lowest BCUT2D eigenvalue weighted by Gasteiger charge is -2.24. The first-order valence-corrected chi connectivity index (χ1v) is 7.71. The fourth-order valence-corrected chi connectivity index (χ4v) is 2.92. The Hall–Kier alpha value is -2.08. The molecular formula is C16H22N4O2. The number of carbonyl (C=O) groups is 1. The van der Waals surface area contributed by atoms with Gasteiger partial charge in [0.05, 0.1) is 12.5 Å². The van der Waals surface area contributed by atoms with Gasteiger partial charge in [0.1, 0.15) is 6.54 Å². The number of hydrogen-bond donors (Lipinski definition) is 1. The summed E-state index contributed by atoms with van der Waals surface area (Å²) < 4.78 is 6.88. The van der Waals surface area contributed by atoms with Gasteiger partial charge in [-0.2, -0.15) is 5.10 Å². The van der Waals surface area contributed by atoms with Crippen LogP contribution in [0, 0.1) is 0 Å². The maximum absolute atomic E-state index is 12.4. The lowest BCUT2D eigenvalue weighted by Crippen LogP contribution is -2.33. The van der Waals surface area contributed by atoms with Crippen molar-refractivity contribution in [2.24, 2.45) is 0 Å². The van der Waals surface area contributed by atoms with Crippen molar-refractivity contribution in [1.29, 1.82) is 0 Å². The Balaban J connectivity index is 1.62. The predicted molar refractivity (Wildman–Crippen MR) is 82.3 cm³/mol. The van der Waals surface area contributed by atoms with Gasteiger partial charge in [-0.15, -0.1) is 0 Å². The molecule has 0 saturated carbocycles. The molecule has 0 bridgehead atoms. The summed E-state index contributed by atoms with van der Waals surface area (Å²) in [6, 6.07) is 3.90. The van der Waals surface area contributed by atoms with E-state index in [-0.39, 0.29) is 12.5 Å². The zero-order valence-corrected chi connectivity index (χ0v) is 12.9. The van der Waals surface area contributed by atoms with Gasteiger partial charge < -0.3 is 14.6 Å². The standard InChI is InChI=1S/C16H22N4O2/c1-19(10-13-5-8-22-12-13)16(21)11-20-15(4-7-18-20)14-3-2-6-17-9-14/h4-5,7-8,12,14,17H,2-3,6,9-11H2,1H3/t14-/m0/s1. The lowest BCUT2D eigenvalue weighted by molar-refractivity contribution is -0.131. The van der Waals surface area contributed by atoms with E-state index in [0.717, 1.165) is 30.8 Å². The van der Waals surface area contributed by atoms with Crippen LogP contribution in [-0.4, -0.2) is 40.7 Å². The van der Waals surface area contributed by atoms with Crippen molar-refractivity contribution in [1.82, 2.24) is 20.0 Å². The molecule has 1 saturated heterocycles. The number of likely N-dealkylation sites (N-methyl/N-ethyl adjacent to an activating group) is 1. The predicted octanol–water partition coefficient (Wildman–Crippen LogP) is 1.60. The van der Waals surface area contributed by atoms with E-state index in [4.69, 9.17) is 4.42 Å². The van der Waals surface area contributed by atoms with Gasteiger partial charge >= 0.3 is 0 Å². The molecule has 0 aliphatic carbocycles. The molecule has 3 rings (SSSR count). The SMILES string of the molecule is CN(Cc1ccoc1)C(=O)Cn1nccc1[C@H]1CCCNC1. The summed E-state index contributed by atoms with van der Waals surface area (Å²) in [6.45, 7) is 2.88. The molecule has 1 amide bonds. The van der Waals surface area contributed by atoms with E-state index in [1.54, 1.807) is 30.7 Å². The molecule has 0 unspecified atom stereocenters. The number of hydrogen-bond acceptors (Lipinski definition) is 4. The van der Waals surface area contributed by atoms with Crippen LogP contribution in [0.2, 0.25) is 0 Å². The van der Waals surface area contributed by atoms with Crippen LogP contribution in [-0.2, 0) is 17.9 Å². The number of aromatic nitrogens is 2. The van der Waals surface area contributed by atoms with Crippen LogP contribution in [0.3, 0.4) is 0 Å². The molecule has 3 heterocycles. The van der Waals surface area contributed by atoms with Gasteiger partial charge in [-0.1, -0.05) is 0 Å². The second-order valence-corrected chi connectivity index (χ2v) is 5.84. The molecular weight excluding hydrogens is 280 g/mol. The molecule has 1 N–H and O–H groups in total. The van der Waals surface area contributed by atoms with Crippen molar-refractivity contribution in [2.45, 2.75) is 31.8 Å². The highest BCUT2D eigenvalue weighted by Gasteiger charge is 2.20. The van der Waals surface area contributed by atoms with Crippen LogP contribution < -0.4 is 5.32 Å². The first-order valence-electron chi connectivity index (χ1n) is 7.71. The lowest BCUT2D eigenvalue weighted by atomic mass is 9.96. The molecule has 0 radical (unpaired) electrons. The monoisotopic (exact) mass is 302 g/mol. The van der Waals surface area contributed by atoms with E-state index >= 15 is 0 Å². The number of furan rings is 1. The number of rotatable bonds is 5. The summed E-state index contributed by atoms with van der Waals surface area (Å²) in [5.41, 5.74) is 2.14. The Labute approximate surface area is 130 Å². The molecule has 0 spiro atoms. The number of amides is 1. The van der Waals surface area contributed by atoms with Crippen molar-refractivity contribution in [3.05, 3.63) is 42.1 Å². The van der Waals surface area contributed by atoms with Gasteiger partial charge in [0.15, 0.2) is 0 Å². The zero-order valence-electron chi connectivity index (χ0n) is 12.9. The fourth-order valence-electron chi connectivity index (χ4n) is 2.92. The maximum atomic E-state index is 12.4. The molecule has 0 aromatic carbocycles. The minimum atomic E-state index is 0.0509. The van der Waals surface area contributed by atoms with Crippen molar-refractivity contribution >= 4 is 5.91 Å². The average Bonchev–Trinajstić information content (AvgIpc) is 3.19. The van der Waals surface area contributed by atoms with Crippen LogP contribution in [0.4, 0.5) is 0 Å². The van der Waals surface area contributed by atoms with E-state index in [1.807, 2.05) is 16.8 Å².